The fraction of sp³-hybridized carbons (Fsp3) is 0.118. The standard InChI is InChI=1S/C17H18N6/c1-11-7-12(2)9-13(8-11)22-16-15(18)17(21-10-20-16)23-14-5-3-4-6-19-14/h3-10H,18H2,1-2H3,(H2,19,20,21,22,23). The summed E-state index contributed by atoms with van der Waals surface area (Å²) in [6.45, 7) is 4.10. The Hall–Kier alpha value is -3.15. The van der Waals surface area contributed by atoms with Gasteiger partial charge in [-0.3, -0.25) is 0 Å². The molecule has 23 heavy (non-hydrogen) atoms. The second kappa shape index (κ2) is 6.31. The zero-order valence-electron chi connectivity index (χ0n) is 13.0. The molecule has 3 rings (SSSR count). The van der Waals surface area contributed by atoms with Crippen molar-refractivity contribution in [2.24, 2.45) is 0 Å². The molecule has 0 aliphatic carbocycles. The summed E-state index contributed by atoms with van der Waals surface area (Å²) < 4.78 is 0. The molecule has 0 spiro atoms. The third-order valence-corrected chi connectivity index (χ3v) is 3.28. The number of nitrogens with zero attached hydrogens (tertiary/aromatic N) is 3. The van der Waals surface area contributed by atoms with E-state index in [1.165, 1.54) is 17.5 Å². The molecule has 0 amide bonds. The minimum Gasteiger partial charge on any atom is -0.393 e. The van der Waals surface area contributed by atoms with Gasteiger partial charge in [0.2, 0.25) is 0 Å². The van der Waals surface area contributed by atoms with E-state index in [-0.39, 0.29) is 0 Å². The van der Waals surface area contributed by atoms with Crippen LogP contribution in [0.25, 0.3) is 0 Å². The van der Waals surface area contributed by atoms with Crippen molar-refractivity contribution in [3.8, 4) is 0 Å². The maximum absolute atomic E-state index is 6.18. The highest BCUT2D eigenvalue weighted by atomic mass is 15.1. The van der Waals surface area contributed by atoms with Crippen LogP contribution in [0.4, 0.5) is 28.8 Å². The van der Waals surface area contributed by atoms with E-state index in [0.29, 0.717) is 23.1 Å². The van der Waals surface area contributed by atoms with Crippen LogP contribution in [0.2, 0.25) is 0 Å². The summed E-state index contributed by atoms with van der Waals surface area (Å²) in [7, 11) is 0. The number of rotatable bonds is 4. The van der Waals surface area contributed by atoms with Gasteiger partial charge in [0, 0.05) is 11.9 Å². The van der Waals surface area contributed by atoms with Crippen molar-refractivity contribution < 1.29 is 0 Å². The highest BCUT2D eigenvalue weighted by Gasteiger charge is 2.09. The van der Waals surface area contributed by atoms with E-state index in [1.807, 2.05) is 30.3 Å². The highest BCUT2D eigenvalue weighted by molar-refractivity contribution is 5.79. The number of pyridine rings is 1. The monoisotopic (exact) mass is 306 g/mol. The molecule has 116 valence electrons. The van der Waals surface area contributed by atoms with Gasteiger partial charge in [0.15, 0.2) is 11.6 Å². The van der Waals surface area contributed by atoms with Crippen molar-refractivity contribution in [3.05, 3.63) is 60.0 Å². The SMILES string of the molecule is Cc1cc(C)cc(Nc2ncnc(Nc3ccccn3)c2N)c1. The molecular formula is C17H18N6. The van der Waals surface area contributed by atoms with Crippen LogP contribution in [-0.2, 0) is 0 Å². The van der Waals surface area contributed by atoms with Crippen molar-refractivity contribution in [3.63, 3.8) is 0 Å². The molecule has 0 saturated carbocycles. The molecule has 1 aromatic carbocycles. The first-order valence-corrected chi connectivity index (χ1v) is 7.25. The Labute approximate surface area is 134 Å². The molecule has 0 bridgehead atoms. The summed E-state index contributed by atoms with van der Waals surface area (Å²) in [6, 6.07) is 11.8. The summed E-state index contributed by atoms with van der Waals surface area (Å²) in [6.07, 6.45) is 3.17. The first kappa shape index (κ1) is 14.8. The zero-order valence-corrected chi connectivity index (χ0v) is 13.0. The molecule has 2 aromatic heterocycles. The predicted octanol–water partition coefficient (Wildman–Crippen LogP) is 3.56. The minimum absolute atomic E-state index is 0.442. The maximum atomic E-state index is 6.18. The Morgan fingerprint density at radius 1 is 0.870 bits per heavy atom. The van der Waals surface area contributed by atoms with Crippen LogP contribution in [0.1, 0.15) is 11.1 Å². The summed E-state index contributed by atoms with van der Waals surface area (Å²) in [5.74, 6) is 1.75. The van der Waals surface area contributed by atoms with Gasteiger partial charge in [-0.15, -0.1) is 0 Å². The topological polar surface area (TPSA) is 88.8 Å². The fourth-order valence-corrected chi connectivity index (χ4v) is 2.34. The molecule has 0 unspecified atom stereocenters. The summed E-state index contributed by atoms with van der Waals surface area (Å²) in [5, 5.41) is 6.34. The van der Waals surface area contributed by atoms with Gasteiger partial charge in [0.05, 0.1) is 0 Å². The average molecular weight is 306 g/mol. The Morgan fingerprint density at radius 3 is 2.22 bits per heavy atom. The molecule has 4 N–H and O–H groups in total. The highest BCUT2D eigenvalue weighted by Crippen LogP contribution is 2.28. The van der Waals surface area contributed by atoms with Crippen LogP contribution >= 0.6 is 0 Å². The number of aryl methyl sites for hydroxylation is 2. The molecular weight excluding hydrogens is 288 g/mol. The van der Waals surface area contributed by atoms with E-state index >= 15 is 0 Å². The predicted molar refractivity (Wildman–Crippen MR) is 93.2 cm³/mol. The van der Waals surface area contributed by atoms with Gasteiger partial charge in [0.1, 0.15) is 17.8 Å². The van der Waals surface area contributed by atoms with Gasteiger partial charge in [-0.2, -0.15) is 0 Å². The molecule has 2 heterocycles. The lowest BCUT2D eigenvalue weighted by Crippen LogP contribution is -2.05. The first-order valence-electron chi connectivity index (χ1n) is 7.25. The Kier molecular flexibility index (Phi) is 4.05. The van der Waals surface area contributed by atoms with E-state index in [1.54, 1.807) is 6.20 Å². The van der Waals surface area contributed by atoms with Gasteiger partial charge in [-0.25, -0.2) is 15.0 Å². The van der Waals surface area contributed by atoms with Crippen molar-refractivity contribution in [1.29, 1.82) is 0 Å². The van der Waals surface area contributed by atoms with Crippen molar-refractivity contribution >= 4 is 28.8 Å². The van der Waals surface area contributed by atoms with Gasteiger partial charge >= 0.3 is 0 Å². The Bertz CT molecular complexity index is 796. The molecule has 3 aromatic rings. The first-order chi connectivity index (χ1) is 11.1. The number of nitrogens with one attached hydrogen (secondary N) is 2. The molecule has 6 heteroatoms. The van der Waals surface area contributed by atoms with Crippen LogP contribution in [0.5, 0.6) is 0 Å². The number of hydrogen-bond donors (Lipinski definition) is 3. The molecule has 0 atom stereocenters. The summed E-state index contributed by atoms with van der Waals surface area (Å²) in [4.78, 5) is 12.6. The van der Waals surface area contributed by atoms with E-state index in [0.717, 1.165) is 5.69 Å². The normalized spacial score (nSPS) is 10.3. The lowest BCUT2D eigenvalue weighted by molar-refractivity contribution is 1.16. The number of hydrogen-bond acceptors (Lipinski definition) is 6. The molecule has 6 nitrogen and oxygen atoms in total. The number of aromatic nitrogens is 3. The molecule has 0 fully saturated rings. The average Bonchev–Trinajstić information content (AvgIpc) is 2.51. The van der Waals surface area contributed by atoms with Crippen molar-refractivity contribution in [2.45, 2.75) is 13.8 Å². The van der Waals surface area contributed by atoms with Gasteiger partial charge in [-0.1, -0.05) is 12.1 Å². The molecule has 0 radical (unpaired) electrons. The Balaban J connectivity index is 1.87. The lowest BCUT2D eigenvalue weighted by Gasteiger charge is -2.13. The molecule has 0 aliphatic rings. The summed E-state index contributed by atoms with van der Waals surface area (Å²) >= 11 is 0. The third kappa shape index (κ3) is 3.55. The number of nitrogens with two attached hydrogens (primary N) is 1. The van der Waals surface area contributed by atoms with E-state index in [4.69, 9.17) is 5.73 Å². The maximum Gasteiger partial charge on any atom is 0.160 e. The Morgan fingerprint density at radius 2 is 1.57 bits per heavy atom. The minimum atomic E-state index is 0.442. The molecule has 0 aliphatic heterocycles. The van der Waals surface area contributed by atoms with Crippen LogP contribution in [0, 0.1) is 13.8 Å². The quantitative estimate of drug-likeness (QED) is 0.683. The fourth-order valence-electron chi connectivity index (χ4n) is 2.34. The number of nitrogen functional groups attached to an aromatic ring is 1. The van der Waals surface area contributed by atoms with Gasteiger partial charge < -0.3 is 16.4 Å². The second-order valence-corrected chi connectivity index (χ2v) is 5.33. The number of anilines is 5. The lowest BCUT2D eigenvalue weighted by atomic mass is 10.1. The molecule has 0 saturated heterocycles. The van der Waals surface area contributed by atoms with E-state index in [2.05, 4.69) is 45.5 Å². The van der Waals surface area contributed by atoms with E-state index in [9.17, 15) is 0 Å². The number of benzene rings is 1. The second-order valence-electron chi connectivity index (χ2n) is 5.33. The van der Waals surface area contributed by atoms with Gasteiger partial charge in [0.25, 0.3) is 0 Å². The van der Waals surface area contributed by atoms with Crippen LogP contribution in [0.3, 0.4) is 0 Å². The summed E-state index contributed by atoms with van der Waals surface area (Å²) in [5.41, 5.74) is 9.91. The van der Waals surface area contributed by atoms with Crippen molar-refractivity contribution in [1.82, 2.24) is 15.0 Å². The van der Waals surface area contributed by atoms with Crippen molar-refractivity contribution in [2.75, 3.05) is 16.4 Å². The third-order valence-electron chi connectivity index (χ3n) is 3.28. The van der Waals surface area contributed by atoms with Crippen LogP contribution in [-0.4, -0.2) is 15.0 Å². The zero-order chi connectivity index (χ0) is 16.2. The largest absolute Gasteiger partial charge is 0.393 e. The van der Waals surface area contributed by atoms with Gasteiger partial charge in [-0.05, 0) is 49.2 Å². The van der Waals surface area contributed by atoms with Crippen LogP contribution in [0.15, 0.2) is 48.9 Å². The smallest absolute Gasteiger partial charge is 0.160 e. The van der Waals surface area contributed by atoms with Crippen LogP contribution < -0.4 is 16.4 Å². The van der Waals surface area contributed by atoms with E-state index < -0.39 is 0 Å².